The lowest BCUT2D eigenvalue weighted by Gasteiger charge is -2.37. The van der Waals surface area contributed by atoms with Crippen LogP contribution >= 0.6 is 0 Å². The third-order valence-electron chi connectivity index (χ3n) is 3.91. The van der Waals surface area contributed by atoms with Crippen molar-refractivity contribution >= 4 is 0 Å². The Morgan fingerprint density at radius 3 is 2.72 bits per heavy atom. The number of nitrogens with one attached hydrogen (secondary N) is 1. The molecule has 0 heterocycles. The van der Waals surface area contributed by atoms with E-state index in [4.69, 9.17) is 4.74 Å². The van der Waals surface area contributed by atoms with Crippen LogP contribution in [0.1, 0.15) is 43.7 Å². The minimum atomic E-state index is 0.326. The van der Waals surface area contributed by atoms with Crippen molar-refractivity contribution < 1.29 is 4.74 Å². The molecule has 2 rings (SSSR count). The predicted molar refractivity (Wildman–Crippen MR) is 76.0 cm³/mol. The van der Waals surface area contributed by atoms with Crippen molar-refractivity contribution in [3.05, 3.63) is 35.4 Å². The van der Waals surface area contributed by atoms with Crippen molar-refractivity contribution in [2.24, 2.45) is 0 Å². The Bertz CT molecular complexity index is 371. The molecule has 0 bridgehead atoms. The van der Waals surface area contributed by atoms with Crippen molar-refractivity contribution in [2.45, 2.75) is 51.7 Å². The van der Waals surface area contributed by atoms with E-state index in [-0.39, 0.29) is 0 Å². The van der Waals surface area contributed by atoms with Crippen LogP contribution in [0.25, 0.3) is 0 Å². The van der Waals surface area contributed by atoms with Crippen LogP contribution < -0.4 is 5.32 Å². The molecule has 0 saturated heterocycles. The number of aryl methyl sites for hydroxylation is 1. The molecule has 18 heavy (non-hydrogen) atoms. The van der Waals surface area contributed by atoms with Gasteiger partial charge in [0.1, 0.15) is 0 Å². The summed E-state index contributed by atoms with van der Waals surface area (Å²) in [6, 6.07) is 9.45. The number of hydrogen-bond acceptors (Lipinski definition) is 2. The molecule has 0 radical (unpaired) electrons. The van der Waals surface area contributed by atoms with Crippen LogP contribution in [0.4, 0.5) is 0 Å². The van der Waals surface area contributed by atoms with Gasteiger partial charge in [0.05, 0.1) is 6.10 Å². The summed E-state index contributed by atoms with van der Waals surface area (Å²) >= 11 is 0. The Balaban J connectivity index is 1.73. The second-order valence-corrected chi connectivity index (χ2v) is 5.40. The molecule has 0 aromatic heterocycles. The number of hydrogen-bond donors (Lipinski definition) is 1. The molecule has 1 aliphatic rings. The molecule has 0 aliphatic heterocycles. The molecule has 1 atom stereocenters. The van der Waals surface area contributed by atoms with Crippen LogP contribution in [0, 0.1) is 6.92 Å². The van der Waals surface area contributed by atoms with Crippen LogP contribution in [0.15, 0.2) is 24.3 Å². The van der Waals surface area contributed by atoms with E-state index < -0.39 is 0 Å². The highest BCUT2D eigenvalue weighted by Gasteiger charge is 2.30. The van der Waals surface area contributed by atoms with E-state index in [1.807, 2.05) is 6.92 Å². The second kappa shape index (κ2) is 6.35. The third-order valence-corrected chi connectivity index (χ3v) is 3.91. The average molecular weight is 247 g/mol. The molecule has 1 aliphatic carbocycles. The summed E-state index contributed by atoms with van der Waals surface area (Å²) in [7, 11) is 0. The zero-order valence-corrected chi connectivity index (χ0v) is 11.8. The van der Waals surface area contributed by atoms with E-state index in [0.29, 0.717) is 12.1 Å². The molecule has 1 saturated carbocycles. The molecule has 1 aromatic carbocycles. The van der Waals surface area contributed by atoms with Gasteiger partial charge in [-0.2, -0.15) is 0 Å². The average Bonchev–Trinajstić information content (AvgIpc) is 2.29. The standard InChI is InChI=1S/C16H25NO/c1-4-18-13(3)11-17-15-9-14(10-15)16-8-6-5-7-12(16)2/h5-8,13-15,17H,4,9-11H2,1-3H3. The van der Waals surface area contributed by atoms with Gasteiger partial charge in [0.25, 0.3) is 0 Å². The van der Waals surface area contributed by atoms with Crippen LogP contribution in [0.3, 0.4) is 0 Å². The molecule has 100 valence electrons. The SMILES string of the molecule is CCOC(C)CNC1CC(c2ccccc2C)C1. The van der Waals surface area contributed by atoms with Crippen LogP contribution in [-0.2, 0) is 4.74 Å². The van der Waals surface area contributed by atoms with Crippen molar-refractivity contribution in [1.29, 1.82) is 0 Å². The zero-order valence-electron chi connectivity index (χ0n) is 11.8. The number of ether oxygens (including phenoxy) is 1. The van der Waals surface area contributed by atoms with E-state index in [2.05, 4.69) is 43.4 Å². The first kappa shape index (κ1) is 13.6. The summed E-state index contributed by atoms with van der Waals surface area (Å²) in [6.45, 7) is 8.17. The van der Waals surface area contributed by atoms with Crippen LogP contribution in [0.2, 0.25) is 0 Å². The van der Waals surface area contributed by atoms with Gasteiger partial charge in [0.2, 0.25) is 0 Å². The van der Waals surface area contributed by atoms with Gasteiger partial charge in [-0.1, -0.05) is 24.3 Å². The lowest BCUT2D eigenvalue weighted by Crippen LogP contribution is -2.43. The molecular formula is C16H25NO. The minimum absolute atomic E-state index is 0.326. The van der Waals surface area contributed by atoms with Crippen molar-refractivity contribution in [1.82, 2.24) is 5.32 Å². The van der Waals surface area contributed by atoms with Gasteiger partial charge < -0.3 is 10.1 Å². The maximum atomic E-state index is 5.53. The van der Waals surface area contributed by atoms with E-state index in [0.717, 1.165) is 19.1 Å². The Morgan fingerprint density at radius 1 is 1.33 bits per heavy atom. The summed E-state index contributed by atoms with van der Waals surface area (Å²) in [4.78, 5) is 0. The molecule has 1 unspecified atom stereocenters. The van der Waals surface area contributed by atoms with Gasteiger partial charge in [-0.3, -0.25) is 0 Å². The van der Waals surface area contributed by atoms with Crippen molar-refractivity contribution in [3.63, 3.8) is 0 Å². The van der Waals surface area contributed by atoms with Crippen molar-refractivity contribution in [2.75, 3.05) is 13.2 Å². The Labute approximate surface area is 111 Å². The summed E-state index contributed by atoms with van der Waals surface area (Å²) in [5.74, 6) is 0.756. The van der Waals surface area contributed by atoms with Crippen molar-refractivity contribution in [3.8, 4) is 0 Å². The molecule has 1 fully saturated rings. The zero-order chi connectivity index (χ0) is 13.0. The Hall–Kier alpha value is -0.860. The van der Waals surface area contributed by atoms with Gasteiger partial charge in [0, 0.05) is 19.2 Å². The summed E-state index contributed by atoms with van der Waals surface area (Å²) < 4.78 is 5.53. The van der Waals surface area contributed by atoms with Crippen LogP contribution in [0.5, 0.6) is 0 Å². The van der Waals surface area contributed by atoms with E-state index >= 15 is 0 Å². The molecule has 2 heteroatoms. The first-order valence-electron chi connectivity index (χ1n) is 7.11. The number of rotatable bonds is 6. The first-order chi connectivity index (χ1) is 8.70. The lowest BCUT2D eigenvalue weighted by atomic mass is 9.74. The summed E-state index contributed by atoms with van der Waals surface area (Å²) in [5, 5.41) is 3.60. The van der Waals surface area contributed by atoms with E-state index in [1.54, 1.807) is 0 Å². The maximum Gasteiger partial charge on any atom is 0.0671 e. The van der Waals surface area contributed by atoms with Crippen LogP contribution in [-0.4, -0.2) is 25.3 Å². The van der Waals surface area contributed by atoms with E-state index in [1.165, 1.54) is 24.0 Å². The molecule has 0 spiro atoms. The van der Waals surface area contributed by atoms with Gasteiger partial charge >= 0.3 is 0 Å². The molecule has 0 amide bonds. The fourth-order valence-corrected chi connectivity index (χ4v) is 2.76. The quantitative estimate of drug-likeness (QED) is 0.833. The van der Waals surface area contributed by atoms with E-state index in [9.17, 15) is 0 Å². The summed E-state index contributed by atoms with van der Waals surface area (Å²) in [6.07, 6.45) is 2.86. The largest absolute Gasteiger partial charge is 0.377 e. The summed E-state index contributed by atoms with van der Waals surface area (Å²) in [5.41, 5.74) is 2.97. The topological polar surface area (TPSA) is 21.3 Å². The highest BCUT2D eigenvalue weighted by atomic mass is 16.5. The van der Waals surface area contributed by atoms with Gasteiger partial charge in [-0.25, -0.2) is 0 Å². The second-order valence-electron chi connectivity index (χ2n) is 5.40. The Morgan fingerprint density at radius 2 is 2.06 bits per heavy atom. The molecular weight excluding hydrogens is 222 g/mol. The Kier molecular flexibility index (Phi) is 4.79. The number of benzene rings is 1. The molecule has 1 N–H and O–H groups in total. The molecule has 1 aromatic rings. The fourth-order valence-electron chi connectivity index (χ4n) is 2.76. The fraction of sp³-hybridized carbons (Fsp3) is 0.625. The third kappa shape index (κ3) is 3.33. The highest BCUT2D eigenvalue weighted by molar-refractivity contribution is 5.31. The monoisotopic (exact) mass is 247 g/mol. The van der Waals surface area contributed by atoms with Gasteiger partial charge in [-0.15, -0.1) is 0 Å². The minimum Gasteiger partial charge on any atom is -0.377 e. The first-order valence-corrected chi connectivity index (χ1v) is 7.11. The predicted octanol–water partition coefficient (Wildman–Crippen LogP) is 3.26. The lowest BCUT2D eigenvalue weighted by molar-refractivity contribution is 0.0702. The van der Waals surface area contributed by atoms with Gasteiger partial charge in [-0.05, 0) is 50.7 Å². The highest BCUT2D eigenvalue weighted by Crippen LogP contribution is 2.38. The van der Waals surface area contributed by atoms with Gasteiger partial charge in [0.15, 0.2) is 0 Å². The maximum absolute atomic E-state index is 5.53. The normalized spacial score (nSPS) is 24.6. The smallest absolute Gasteiger partial charge is 0.0671 e. The molecule has 2 nitrogen and oxygen atoms in total.